The first kappa shape index (κ1) is 15.7. The van der Waals surface area contributed by atoms with Crippen molar-refractivity contribution in [3.8, 4) is 0 Å². The van der Waals surface area contributed by atoms with Gasteiger partial charge in [0.25, 0.3) is 0 Å². The SMILES string of the molecule is CC1CCC(C(C)C)C(O)C1.O=C1CCCCC1. The van der Waals surface area contributed by atoms with Crippen molar-refractivity contribution in [1.29, 1.82) is 0 Å². The molecule has 2 saturated carbocycles. The fraction of sp³-hybridized carbons (Fsp3) is 0.938. The molecule has 2 fully saturated rings. The molecule has 3 unspecified atom stereocenters. The van der Waals surface area contributed by atoms with E-state index in [1.807, 2.05) is 0 Å². The van der Waals surface area contributed by atoms with Gasteiger partial charge in [0, 0.05) is 12.8 Å². The Hall–Kier alpha value is -0.370. The number of carbonyl (C=O) groups excluding carboxylic acids is 1. The molecule has 0 spiro atoms. The molecule has 18 heavy (non-hydrogen) atoms. The van der Waals surface area contributed by atoms with Gasteiger partial charge in [0.1, 0.15) is 5.78 Å². The molecule has 0 aromatic carbocycles. The molecular weight excluding hydrogens is 224 g/mol. The molecule has 0 heterocycles. The van der Waals surface area contributed by atoms with Gasteiger partial charge >= 0.3 is 0 Å². The lowest BCUT2D eigenvalue weighted by Gasteiger charge is -2.33. The smallest absolute Gasteiger partial charge is 0.132 e. The van der Waals surface area contributed by atoms with E-state index >= 15 is 0 Å². The molecule has 2 nitrogen and oxygen atoms in total. The standard InChI is InChI=1S/C10H20O.C6H10O/c1-7(2)9-5-4-8(3)6-10(9)11;7-6-4-2-1-3-5-6/h7-11H,4-6H2,1-3H3;1-5H2. The maximum atomic E-state index is 10.5. The first-order valence-corrected chi connectivity index (χ1v) is 7.70. The highest BCUT2D eigenvalue weighted by Gasteiger charge is 2.28. The zero-order chi connectivity index (χ0) is 13.5. The minimum Gasteiger partial charge on any atom is -0.393 e. The van der Waals surface area contributed by atoms with E-state index in [0.717, 1.165) is 38.0 Å². The number of ketones is 1. The van der Waals surface area contributed by atoms with Crippen LogP contribution in [-0.2, 0) is 4.79 Å². The fourth-order valence-corrected chi connectivity index (χ4v) is 3.10. The Morgan fingerprint density at radius 1 is 1.11 bits per heavy atom. The number of aliphatic hydroxyl groups excluding tert-OH is 1. The lowest BCUT2D eigenvalue weighted by atomic mass is 9.75. The summed E-state index contributed by atoms with van der Waals surface area (Å²) in [5.41, 5.74) is 0. The van der Waals surface area contributed by atoms with Crippen LogP contribution in [0.2, 0.25) is 0 Å². The molecule has 0 bridgehead atoms. The Bertz CT molecular complexity index is 239. The van der Waals surface area contributed by atoms with Crippen LogP contribution in [0, 0.1) is 17.8 Å². The summed E-state index contributed by atoms with van der Waals surface area (Å²) in [7, 11) is 0. The van der Waals surface area contributed by atoms with Crippen LogP contribution in [0.4, 0.5) is 0 Å². The van der Waals surface area contributed by atoms with Crippen LogP contribution in [-0.4, -0.2) is 17.0 Å². The lowest BCUT2D eigenvalue weighted by Crippen LogP contribution is -2.31. The Morgan fingerprint density at radius 2 is 1.72 bits per heavy atom. The third-order valence-electron chi connectivity index (χ3n) is 4.40. The quantitative estimate of drug-likeness (QED) is 0.769. The van der Waals surface area contributed by atoms with Gasteiger partial charge in [-0.1, -0.05) is 33.6 Å². The van der Waals surface area contributed by atoms with Gasteiger partial charge in [0.05, 0.1) is 6.10 Å². The molecule has 2 rings (SSSR count). The van der Waals surface area contributed by atoms with Crippen LogP contribution in [0.3, 0.4) is 0 Å². The van der Waals surface area contributed by atoms with Gasteiger partial charge in [-0.25, -0.2) is 0 Å². The minimum atomic E-state index is -0.0289. The van der Waals surface area contributed by atoms with Crippen LogP contribution in [0.15, 0.2) is 0 Å². The average Bonchev–Trinajstić information content (AvgIpc) is 2.30. The number of Topliss-reactive ketones (excluding diaryl/α,β-unsaturated/α-hetero) is 1. The zero-order valence-electron chi connectivity index (χ0n) is 12.3. The highest BCUT2D eigenvalue weighted by Crippen LogP contribution is 2.33. The summed E-state index contributed by atoms with van der Waals surface area (Å²) in [6.07, 6.45) is 8.75. The molecule has 3 atom stereocenters. The summed E-state index contributed by atoms with van der Waals surface area (Å²) < 4.78 is 0. The van der Waals surface area contributed by atoms with Crippen LogP contribution in [0.5, 0.6) is 0 Å². The largest absolute Gasteiger partial charge is 0.393 e. The van der Waals surface area contributed by atoms with E-state index in [1.165, 1.54) is 19.3 Å². The monoisotopic (exact) mass is 254 g/mol. The predicted octanol–water partition coefficient (Wildman–Crippen LogP) is 3.96. The number of hydrogen-bond acceptors (Lipinski definition) is 2. The predicted molar refractivity (Wildman–Crippen MR) is 75.4 cm³/mol. The summed E-state index contributed by atoms with van der Waals surface area (Å²) >= 11 is 0. The number of aliphatic hydroxyl groups is 1. The Kier molecular flexibility index (Phi) is 6.91. The molecule has 2 heteroatoms. The Labute approximate surface area is 112 Å². The summed E-state index contributed by atoms with van der Waals surface area (Å²) in [5.74, 6) is 2.41. The molecule has 0 amide bonds. The normalized spacial score (nSPS) is 32.9. The fourth-order valence-electron chi connectivity index (χ4n) is 3.10. The van der Waals surface area contributed by atoms with E-state index in [1.54, 1.807) is 0 Å². The van der Waals surface area contributed by atoms with Gasteiger partial charge in [-0.3, -0.25) is 4.79 Å². The van der Waals surface area contributed by atoms with Gasteiger partial charge in [0.15, 0.2) is 0 Å². The van der Waals surface area contributed by atoms with E-state index in [9.17, 15) is 9.90 Å². The van der Waals surface area contributed by atoms with Crippen molar-refractivity contribution in [3.05, 3.63) is 0 Å². The van der Waals surface area contributed by atoms with E-state index in [0.29, 0.717) is 17.6 Å². The van der Waals surface area contributed by atoms with Crippen molar-refractivity contribution >= 4 is 5.78 Å². The molecule has 0 saturated heterocycles. The van der Waals surface area contributed by atoms with Crippen molar-refractivity contribution in [2.45, 2.75) is 78.2 Å². The summed E-state index contributed by atoms with van der Waals surface area (Å²) in [6.45, 7) is 6.66. The van der Waals surface area contributed by atoms with Crippen molar-refractivity contribution in [1.82, 2.24) is 0 Å². The van der Waals surface area contributed by atoms with Crippen LogP contribution in [0.1, 0.15) is 72.1 Å². The average molecular weight is 254 g/mol. The third kappa shape index (κ3) is 5.51. The summed E-state index contributed by atoms with van der Waals surface area (Å²) in [5, 5.41) is 9.71. The maximum absolute atomic E-state index is 10.5. The molecule has 106 valence electrons. The topological polar surface area (TPSA) is 37.3 Å². The molecule has 0 radical (unpaired) electrons. The lowest BCUT2D eigenvalue weighted by molar-refractivity contribution is -0.120. The third-order valence-corrected chi connectivity index (χ3v) is 4.40. The zero-order valence-corrected chi connectivity index (χ0v) is 12.3. The highest BCUT2D eigenvalue weighted by atomic mass is 16.3. The second-order valence-corrected chi connectivity index (χ2v) is 6.49. The van der Waals surface area contributed by atoms with Crippen LogP contribution in [0.25, 0.3) is 0 Å². The Morgan fingerprint density at radius 3 is 2.11 bits per heavy atom. The number of rotatable bonds is 1. The molecule has 2 aliphatic carbocycles. The van der Waals surface area contributed by atoms with Crippen molar-refractivity contribution < 1.29 is 9.90 Å². The molecule has 2 aliphatic rings. The Balaban J connectivity index is 0.000000199. The van der Waals surface area contributed by atoms with Gasteiger partial charge in [-0.05, 0) is 43.4 Å². The minimum absolute atomic E-state index is 0.0289. The first-order chi connectivity index (χ1) is 8.50. The summed E-state index contributed by atoms with van der Waals surface area (Å²) in [4.78, 5) is 10.5. The molecular formula is C16H30O2. The van der Waals surface area contributed by atoms with Gasteiger partial charge < -0.3 is 5.11 Å². The van der Waals surface area contributed by atoms with Crippen molar-refractivity contribution in [2.75, 3.05) is 0 Å². The van der Waals surface area contributed by atoms with E-state index in [4.69, 9.17) is 0 Å². The van der Waals surface area contributed by atoms with Gasteiger partial charge in [-0.15, -0.1) is 0 Å². The maximum Gasteiger partial charge on any atom is 0.132 e. The van der Waals surface area contributed by atoms with Crippen LogP contribution >= 0.6 is 0 Å². The molecule has 0 aliphatic heterocycles. The molecule has 0 aromatic heterocycles. The van der Waals surface area contributed by atoms with Crippen molar-refractivity contribution in [3.63, 3.8) is 0 Å². The van der Waals surface area contributed by atoms with E-state index < -0.39 is 0 Å². The van der Waals surface area contributed by atoms with E-state index in [-0.39, 0.29) is 6.10 Å². The molecule has 1 N–H and O–H groups in total. The first-order valence-electron chi connectivity index (χ1n) is 7.70. The number of carbonyl (C=O) groups is 1. The summed E-state index contributed by atoms with van der Waals surface area (Å²) in [6, 6.07) is 0. The molecule has 0 aromatic rings. The van der Waals surface area contributed by atoms with E-state index in [2.05, 4.69) is 20.8 Å². The second-order valence-electron chi connectivity index (χ2n) is 6.49. The second kappa shape index (κ2) is 7.93. The van der Waals surface area contributed by atoms with Crippen LogP contribution < -0.4 is 0 Å². The number of hydrogen-bond donors (Lipinski definition) is 1. The van der Waals surface area contributed by atoms with Gasteiger partial charge in [0.2, 0.25) is 0 Å². The van der Waals surface area contributed by atoms with Crippen molar-refractivity contribution in [2.24, 2.45) is 17.8 Å². The highest BCUT2D eigenvalue weighted by molar-refractivity contribution is 5.78. The van der Waals surface area contributed by atoms with Gasteiger partial charge in [-0.2, -0.15) is 0 Å².